The van der Waals surface area contributed by atoms with Gasteiger partial charge in [-0.1, -0.05) is 23.6 Å². The molecule has 1 aliphatic heterocycles. The molecule has 17 heavy (non-hydrogen) atoms. The number of rotatable bonds is 0. The van der Waals surface area contributed by atoms with E-state index >= 15 is 0 Å². The Morgan fingerprint density at radius 3 is 3.06 bits per heavy atom. The predicted octanol–water partition coefficient (Wildman–Crippen LogP) is 3.25. The van der Waals surface area contributed by atoms with E-state index in [0.29, 0.717) is 6.61 Å². The summed E-state index contributed by atoms with van der Waals surface area (Å²) in [6, 6.07) is 7.98. The highest BCUT2D eigenvalue weighted by molar-refractivity contribution is 5.49. The topological polar surface area (TPSA) is 22.4 Å². The average Bonchev–Trinajstić information content (AvgIpc) is 2.72. The molecule has 1 aromatic carbocycles. The molecule has 0 spiro atoms. The van der Waals surface area contributed by atoms with Gasteiger partial charge >= 0.3 is 0 Å². The van der Waals surface area contributed by atoms with Crippen molar-refractivity contribution in [2.75, 3.05) is 0 Å². The van der Waals surface area contributed by atoms with Gasteiger partial charge in [0.2, 0.25) is 0 Å². The molecule has 0 N–H and O–H groups in total. The number of ether oxygens (including phenoxy) is 1. The molecule has 0 radical (unpaired) electrons. The lowest BCUT2D eigenvalue weighted by atomic mass is 9.94. The van der Waals surface area contributed by atoms with Crippen LogP contribution in [0, 0.1) is 19.3 Å². The zero-order chi connectivity index (χ0) is 11.8. The molecule has 2 aromatic rings. The van der Waals surface area contributed by atoms with Crippen LogP contribution in [0.3, 0.4) is 0 Å². The van der Waals surface area contributed by atoms with E-state index in [1.165, 1.54) is 5.56 Å². The fourth-order valence-corrected chi connectivity index (χ4v) is 2.21. The third-order valence-electron chi connectivity index (χ3n) is 3.07. The van der Waals surface area contributed by atoms with Gasteiger partial charge in [-0.25, -0.2) is 0 Å². The van der Waals surface area contributed by atoms with E-state index in [9.17, 15) is 0 Å². The first-order chi connectivity index (χ1) is 8.29. The van der Waals surface area contributed by atoms with Crippen LogP contribution in [0.2, 0.25) is 0 Å². The molecule has 0 aliphatic carbocycles. The van der Waals surface area contributed by atoms with Gasteiger partial charge in [0, 0.05) is 11.1 Å². The Morgan fingerprint density at radius 1 is 1.35 bits per heavy atom. The molecule has 1 atom stereocenters. The zero-order valence-electron chi connectivity index (χ0n) is 9.57. The Kier molecular flexibility index (Phi) is 2.19. The number of aryl methyl sites for hydroxylation is 1. The lowest BCUT2D eigenvalue weighted by Crippen LogP contribution is -1.98. The SMILES string of the molecule is C#CC1c2cc(C)ccc2OCc2ccoc21. The summed E-state index contributed by atoms with van der Waals surface area (Å²) in [6.07, 6.45) is 7.31. The third kappa shape index (κ3) is 1.52. The highest BCUT2D eigenvalue weighted by atomic mass is 16.5. The van der Waals surface area contributed by atoms with Crippen molar-refractivity contribution in [3.8, 4) is 18.1 Å². The number of hydrogen-bond donors (Lipinski definition) is 0. The van der Waals surface area contributed by atoms with E-state index in [-0.39, 0.29) is 5.92 Å². The van der Waals surface area contributed by atoms with Crippen molar-refractivity contribution in [3.63, 3.8) is 0 Å². The highest BCUT2D eigenvalue weighted by Gasteiger charge is 2.25. The van der Waals surface area contributed by atoms with Crippen molar-refractivity contribution in [1.29, 1.82) is 0 Å². The van der Waals surface area contributed by atoms with Crippen molar-refractivity contribution >= 4 is 0 Å². The van der Waals surface area contributed by atoms with Gasteiger partial charge in [-0.15, -0.1) is 6.42 Å². The van der Waals surface area contributed by atoms with Crippen LogP contribution in [0.15, 0.2) is 34.9 Å². The Balaban J connectivity index is 2.23. The summed E-state index contributed by atoms with van der Waals surface area (Å²) in [4.78, 5) is 0. The maximum Gasteiger partial charge on any atom is 0.129 e. The normalized spacial score (nSPS) is 17.3. The molecular formula is C15H12O2. The van der Waals surface area contributed by atoms with Crippen molar-refractivity contribution in [1.82, 2.24) is 0 Å². The number of hydrogen-bond acceptors (Lipinski definition) is 2. The molecule has 2 nitrogen and oxygen atoms in total. The van der Waals surface area contributed by atoms with E-state index in [2.05, 4.69) is 12.0 Å². The number of benzene rings is 1. The lowest BCUT2D eigenvalue weighted by molar-refractivity contribution is 0.306. The first kappa shape index (κ1) is 10.0. The van der Waals surface area contributed by atoms with E-state index < -0.39 is 0 Å². The molecule has 0 bridgehead atoms. The first-order valence-electron chi connectivity index (χ1n) is 5.55. The van der Waals surface area contributed by atoms with Gasteiger partial charge in [-0.05, 0) is 19.1 Å². The molecule has 3 rings (SSSR count). The quantitative estimate of drug-likeness (QED) is 0.641. The average molecular weight is 224 g/mol. The van der Waals surface area contributed by atoms with Gasteiger partial charge in [0.25, 0.3) is 0 Å². The van der Waals surface area contributed by atoms with Gasteiger partial charge < -0.3 is 9.15 Å². The van der Waals surface area contributed by atoms with Gasteiger partial charge in [0.15, 0.2) is 0 Å². The fraction of sp³-hybridized carbons (Fsp3) is 0.200. The second kappa shape index (κ2) is 3.71. The van der Waals surface area contributed by atoms with E-state index in [1.807, 2.05) is 25.1 Å². The molecule has 0 saturated carbocycles. The minimum atomic E-state index is -0.155. The maximum atomic E-state index is 5.76. The number of furan rings is 1. The van der Waals surface area contributed by atoms with E-state index in [4.69, 9.17) is 15.6 Å². The standard InChI is InChI=1S/C15H12O2/c1-3-12-13-8-10(2)4-5-14(13)17-9-11-6-7-16-15(11)12/h1,4-8,12H,9H2,2H3. The van der Waals surface area contributed by atoms with Crippen LogP contribution >= 0.6 is 0 Å². The lowest BCUT2D eigenvalue weighted by Gasteiger charge is -2.11. The van der Waals surface area contributed by atoms with Gasteiger partial charge in [0.1, 0.15) is 24.0 Å². The van der Waals surface area contributed by atoms with Gasteiger partial charge in [0.05, 0.1) is 6.26 Å². The van der Waals surface area contributed by atoms with Crippen LogP contribution in [-0.4, -0.2) is 0 Å². The molecule has 0 saturated heterocycles. The van der Waals surface area contributed by atoms with E-state index in [1.54, 1.807) is 6.26 Å². The van der Waals surface area contributed by atoms with Crippen molar-refractivity contribution in [2.45, 2.75) is 19.4 Å². The molecule has 1 unspecified atom stereocenters. The van der Waals surface area contributed by atoms with Crippen molar-refractivity contribution < 1.29 is 9.15 Å². The molecule has 1 aromatic heterocycles. The molecule has 0 fully saturated rings. The number of fused-ring (bicyclic) bond motifs is 2. The summed E-state index contributed by atoms with van der Waals surface area (Å²) in [7, 11) is 0. The third-order valence-corrected chi connectivity index (χ3v) is 3.07. The molecule has 2 heterocycles. The summed E-state index contributed by atoms with van der Waals surface area (Å²) in [6.45, 7) is 2.56. The summed E-state index contributed by atoms with van der Waals surface area (Å²) in [5.74, 6) is 4.32. The molecule has 1 aliphatic rings. The first-order valence-corrected chi connectivity index (χ1v) is 5.55. The Morgan fingerprint density at radius 2 is 2.24 bits per heavy atom. The minimum Gasteiger partial charge on any atom is -0.488 e. The van der Waals surface area contributed by atoms with Crippen LogP contribution in [0.25, 0.3) is 0 Å². The summed E-state index contributed by atoms with van der Waals surface area (Å²) < 4.78 is 11.3. The molecule has 0 amide bonds. The van der Waals surface area contributed by atoms with Gasteiger partial charge in [-0.2, -0.15) is 0 Å². The second-order valence-electron chi connectivity index (χ2n) is 4.24. The maximum absolute atomic E-state index is 5.76. The van der Waals surface area contributed by atoms with Crippen molar-refractivity contribution in [3.05, 3.63) is 53.0 Å². The van der Waals surface area contributed by atoms with Gasteiger partial charge in [-0.3, -0.25) is 0 Å². The zero-order valence-corrected chi connectivity index (χ0v) is 9.57. The minimum absolute atomic E-state index is 0.155. The van der Waals surface area contributed by atoms with Crippen LogP contribution in [-0.2, 0) is 6.61 Å². The van der Waals surface area contributed by atoms with Crippen LogP contribution in [0.4, 0.5) is 0 Å². The summed E-state index contributed by atoms with van der Waals surface area (Å²) in [5.41, 5.74) is 3.21. The Bertz CT molecular complexity index is 602. The fourth-order valence-electron chi connectivity index (χ4n) is 2.21. The Labute approximate surface area is 100 Å². The molecule has 84 valence electrons. The smallest absolute Gasteiger partial charge is 0.129 e. The second-order valence-corrected chi connectivity index (χ2v) is 4.24. The van der Waals surface area contributed by atoms with Crippen LogP contribution in [0.5, 0.6) is 5.75 Å². The highest BCUT2D eigenvalue weighted by Crippen LogP contribution is 2.37. The summed E-state index contributed by atoms with van der Waals surface area (Å²) in [5, 5.41) is 0. The molecular weight excluding hydrogens is 212 g/mol. The summed E-state index contributed by atoms with van der Waals surface area (Å²) >= 11 is 0. The van der Waals surface area contributed by atoms with Crippen molar-refractivity contribution in [2.24, 2.45) is 0 Å². The van der Waals surface area contributed by atoms with Crippen LogP contribution < -0.4 is 4.74 Å². The monoisotopic (exact) mass is 224 g/mol. The van der Waals surface area contributed by atoms with E-state index in [0.717, 1.165) is 22.6 Å². The molecule has 2 heteroatoms. The van der Waals surface area contributed by atoms with Crippen LogP contribution in [0.1, 0.15) is 28.4 Å². The predicted molar refractivity (Wildman–Crippen MR) is 64.9 cm³/mol. The Hall–Kier alpha value is -2.14. The largest absolute Gasteiger partial charge is 0.488 e. The number of terminal acetylenes is 1.